The Labute approximate surface area is 181 Å². The van der Waals surface area contributed by atoms with Crippen molar-refractivity contribution in [2.45, 2.75) is 13.8 Å². The summed E-state index contributed by atoms with van der Waals surface area (Å²) in [6.45, 7) is 4.13. The van der Waals surface area contributed by atoms with Crippen molar-refractivity contribution in [3.8, 4) is 5.75 Å². The molecule has 0 unspecified atom stereocenters. The zero-order valence-electron chi connectivity index (χ0n) is 16.4. The Morgan fingerprint density at radius 2 is 1.72 bits per heavy atom. The third-order valence-electron chi connectivity index (χ3n) is 4.56. The van der Waals surface area contributed by atoms with Crippen LogP contribution in [0.2, 0.25) is 5.02 Å². The lowest BCUT2D eigenvalue weighted by molar-refractivity contribution is 0.102. The van der Waals surface area contributed by atoms with Crippen molar-refractivity contribution in [3.05, 3.63) is 88.4 Å². The third-order valence-corrected chi connectivity index (χ3v) is 5.15. The average Bonchev–Trinajstić information content (AvgIpc) is 2.70. The summed E-state index contributed by atoms with van der Waals surface area (Å²) in [5, 5.41) is 3.70. The van der Waals surface area contributed by atoms with E-state index in [1.807, 2.05) is 18.0 Å². The SMILES string of the molecule is Cc1ccc(N(C)C(=S)Oc2ccc(C(=O)Nc3cccc(Cl)c3)cc2)cc1C. The lowest BCUT2D eigenvalue weighted by Crippen LogP contribution is -2.29. The van der Waals surface area contributed by atoms with Gasteiger partial charge >= 0.3 is 0 Å². The van der Waals surface area contributed by atoms with Crippen molar-refractivity contribution in [2.75, 3.05) is 17.3 Å². The highest BCUT2D eigenvalue weighted by atomic mass is 35.5. The highest BCUT2D eigenvalue weighted by Crippen LogP contribution is 2.21. The van der Waals surface area contributed by atoms with E-state index in [0.29, 0.717) is 27.2 Å². The van der Waals surface area contributed by atoms with Crippen LogP contribution in [0.4, 0.5) is 11.4 Å². The second-order valence-corrected chi connectivity index (χ2v) is 7.47. The second kappa shape index (κ2) is 9.07. The van der Waals surface area contributed by atoms with Gasteiger partial charge in [-0.25, -0.2) is 0 Å². The summed E-state index contributed by atoms with van der Waals surface area (Å²) in [5.41, 5.74) is 4.51. The molecular formula is C23H21ClN2O2S. The number of amides is 1. The molecule has 0 fully saturated rings. The average molecular weight is 425 g/mol. The maximum absolute atomic E-state index is 12.4. The van der Waals surface area contributed by atoms with Gasteiger partial charge in [0.05, 0.1) is 0 Å². The van der Waals surface area contributed by atoms with Gasteiger partial charge in [-0.05, 0) is 91.8 Å². The molecule has 148 valence electrons. The predicted octanol–water partition coefficient (Wildman–Crippen LogP) is 6.01. The number of hydrogen-bond acceptors (Lipinski definition) is 3. The number of aryl methyl sites for hydroxylation is 2. The van der Waals surface area contributed by atoms with E-state index in [1.54, 1.807) is 48.5 Å². The molecule has 1 amide bonds. The van der Waals surface area contributed by atoms with Crippen LogP contribution < -0.4 is 15.0 Å². The fourth-order valence-corrected chi connectivity index (χ4v) is 3.04. The van der Waals surface area contributed by atoms with E-state index < -0.39 is 0 Å². The Balaban J connectivity index is 1.64. The van der Waals surface area contributed by atoms with Gasteiger partial charge in [-0.2, -0.15) is 0 Å². The van der Waals surface area contributed by atoms with Gasteiger partial charge in [0.1, 0.15) is 5.75 Å². The molecule has 0 radical (unpaired) electrons. The minimum atomic E-state index is -0.228. The number of nitrogens with zero attached hydrogens (tertiary/aromatic N) is 1. The summed E-state index contributed by atoms with van der Waals surface area (Å²) in [6.07, 6.45) is 0. The van der Waals surface area contributed by atoms with Gasteiger partial charge in [0.2, 0.25) is 0 Å². The molecule has 4 nitrogen and oxygen atoms in total. The third kappa shape index (κ3) is 5.34. The van der Waals surface area contributed by atoms with Gasteiger partial charge in [0, 0.05) is 29.0 Å². The van der Waals surface area contributed by atoms with Crippen molar-refractivity contribution >= 4 is 46.3 Å². The predicted molar refractivity (Wildman–Crippen MR) is 123 cm³/mol. The van der Waals surface area contributed by atoms with E-state index in [4.69, 9.17) is 28.6 Å². The number of benzene rings is 3. The van der Waals surface area contributed by atoms with Crippen molar-refractivity contribution in [1.29, 1.82) is 0 Å². The number of anilines is 2. The Morgan fingerprint density at radius 1 is 1.00 bits per heavy atom. The monoisotopic (exact) mass is 424 g/mol. The molecule has 0 saturated carbocycles. The summed E-state index contributed by atoms with van der Waals surface area (Å²) in [7, 11) is 1.86. The van der Waals surface area contributed by atoms with E-state index in [1.165, 1.54) is 11.1 Å². The number of halogens is 1. The van der Waals surface area contributed by atoms with Crippen LogP contribution in [0.3, 0.4) is 0 Å². The quantitative estimate of drug-likeness (QED) is 0.521. The molecule has 0 aliphatic rings. The largest absolute Gasteiger partial charge is 0.432 e. The number of ether oxygens (including phenoxy) is 1. The molecule has 0 aliphatic carbocycles. The molecule has 0 saturated heterocycles. The summed E-state index contributed by atoms with van der Waals surface area (Å²) in [6, 6.07) is 19.9. The van der Waals surface area contributed by atoms with Crippen molar-refractivity contribution < 1.29 is 9.53 Å². The van der Waals surface area contributed by atoms with Crippen molar-refractivity contribution in [1.82, 2.24) is 0 Å². The van der Waals surface area contributed by atoms with Crippen LogP contribution in [0.5, 0.6) is 5.75 Å². The lowest BCUT2D eigenvalue weighted by atomic mass is 10.1. The summed E-state index contributed by atoms with van der Waals surface area (Å²) in [5.74, 6) is 0.332. The zero-order valence-corrected chi connectivity index (χ0v) is 18.0. The summed E-state index contributed by atoms with van der Waals surface area (Å²) in [4.78, 5) is 14.2. The molecule has 3 rings (SSSR count). The minimum Gasteiger partial charge on any atom is -0.432 e. The lowest BCUT2D eigenvalue weighted by Gasteiger charge is -2.21. The van der Waals surface area contributed by atoms with Gasteiger partial charge in [-0.15, -0.1) is 0 Å². The molecule has 3 aromatic rings. The fourth-order valence-electron chi connectivity index (χ4n) is 2.65. The van der Waals surface area contributed by atoms with Crippen LogP contribution in [0.1, 0.15) is 21.5 Å². The zero-order chi connectivity index (χ0) is 21.0. The van der Waals surface area contributed by atoms with E-state index in [9.17, 15) is 4.79 Å². The highest BCUT2D eigenvalue weighted by Gasteiger charge is 2.12. The number of nitrogens with one attached hydrogen (secondary N) is 1. The first kappa shape index (κ1) is 20.8. The van der Waals surface area contributed by atoms with Crippen molar-refractivity contribution in [3.63, 3.8) is 0 Å². The van der Waals surface area contributed by atoms with Crippen LogP contribution in [0, 0.1) is 13.8 Å². The van der Waals surface area contributed by atoms with E-state index in [2.05, 4.69) is 31.3 Å². The van der Waals surface area contributed by atoms with Gasteiger partial charge in [-0.1, -0.05) is 23.7 Å². The second-order valence-electron chi connectivity index (χ2n) is 6.68. The van der Waals surface area contributed by atoms with E-state index in [-0.39, 0.29) is 5.91 Å². The van der Waals surface area contributed by atoms with Crippen LogP contribution in [0.25, 0.3) is 0 Å². The molecule has 29 heavy (non-hydrogen) atoms. The smallest absolute Gasteiger partial charge is 0.269 e. The maximum atomic E-state index is 12.4. The molecule has 0 spiro atoms. The first-order valence-electron chi connectivity index (χ1n) is 9.03. The van der Waals surface area contributed by atoms with E-state index in [0.717, 1.165) is 5.69 Å². The highest BCUT2D eigenvalue weighted by molar-refractivity contribution is 7.80. The molecule has 0 aliphatic heterocycles. The number of thiocarbonyl (C=S) groups is 1. The Morgan fingerprint density at radius 3 is 2.38 bits per heavy atom. The molecule has 1 N–H and O–H groups in total. The maximum Gasteiger partial charge on any atom is 0.269 e. The molecule has 0 atom stereocenters. The van der Waals surface area contributed by atoms with Crippen LogP contribution in [-0.4, -0.2) is 18.1 Å². The molecular weight excluding hydrogens is 404 g/mol. The van der Waals surface area contributed by atoms with Gasteiger partial charge in [0.25, 0.3) is 11.1 Å². The topological polar surface area (TPSA) is 41.6 Å². The number of carbonyl (C=O) groups is 1. The first-order chi connectivity index (χ1) is 13.8. The molecule has 3 aromatic carbocycles. The molecule has 0 heterocycles. The summed E-state index contributed by atoms with van der Waals surface area (Å²) < 4.78 is 5.78. The van der Waals surface area contributed by atoms with Crippen LogP contribution >= 0.6 is 23.8 Å². The number of rotatable bonds is 4. The standard InChI is InChI=1S/C23H21ClN2O2S/c1-15-7-10-20(13-16(15)2)26(3)23(29)28-21-11-8-17(9-12-21)22(27)25-19-6-4-5-18(24)14-19/h4-14H,1-3H3,(H,25,27). The molecule has 0 aromatic heterocycles. The van der Waals surface area contributed by atoms with Gasteiger partial charge in [0.15, 0.2) is 0 Å². The minimum absolute atomic E-state index is 0.228. The van der Waals surface area contributed by atoms with Crippen molar-refractivity contribution in [2.24, 2.45) is 0 Å². The number of hydrogen-bond donors (Lipinski definition) is 1. The molecule has 6 heteroatoms. The summed E-state index contributed by atoms with van der Waals surface area (Å²) >= 11 is 11.4. The Kier molecular flexibility index (Phi) is 6.52. The Hall–Kier alpha value is -2.89. The molecule has 0 bridgehead atoms. The van der Waals surface area contributed by atoms with Gasteiger partial charge in [-0.3, -0.25) is 4.79 Å². The normalized spacial score (nSPS) is 10.3. The first-order valence-corrected chi connectivity index (χ1v) is 9.82. The fraction of sp³-hybridized carbons (Fsp3) is 0.130. The Bertz CT molecular complexity index is 1050. The number of carbonyl (C=O) groups excluding carboxylic acids is 1. The van der Waals surface area contributed by atoms with Crippen LogP contribution in [-0.2, 0) is 0 Å². The van der Waals surface area contributed by atoms with Crippen LogP contribution in [0.15, 0.2) is 66.7 Å². The van der Waals surface area contributed by atoms with Gasteiger partial charge < -0.3 is 15.0 Å². The van der Waals surface area contributed by atoms with E-state index >= 15 is 0 Å².